The van der Waals surface area contributed by atoms with Crippen LogP contribution < -0.4 is 10.9 Å². The fourth-order valence-electron chi connectivity index (χ4n) is 1.87. The third-order valence-electron chi connectivity index (χ3n) is 2.79. The molecule has 0 aliphatic carbocycles. The first-order valence-electron chi connectivity index (χ1n) is 6.43. The van der Waals surface area contributed by atoms with Crippen molar-refractivity contribution >= 4 is 17.6 Å². The van der Waals surface area contributed by atoms with E-state index >= 15 is 0 Å². The predicted molar refractivity (Wildman–Crippen MR) is 77.2 cm³/mol. The molecule has 0 aliphatic rings. The molecule has 21 heavy (non-hydrogen) atoms. The number of aromatic hydroxyl groups is 1. The molecule has 0 spiro atoms. The molecule has 0 atom stereocenters. The van der Waals surface area contributed by atoms with Crippen molar-refractivity contribution in [2.75, 3.05) is 5.32 Å². The Bertz CT molecular complexity index is 724. The number of aromatic amines is 1. The lowest BCUT2D eigenvalue weighted by Gasteiger charge is -2.08. The second kappa shape index (κ2) is 6.08. The summed E-state index contributed by atoms with van der Waals surface area (Å²) in [5.41, 5.74) is 0.545. The molecule has 1 aromatic heterocycles. The number of hydrogen-bond acceptors (Lipinski definition) is 5. The highest BCUT2D eigenvalue weighted by molar-refractivity contribution is 5.92. The number of nitrogens with one attached hydrogen (secondary N) is 2. The highest BCUT2D eigenvalue weighted by Crippen LogP contribution is 2.22. The van der Waals surface area contributed by atoms with E-state index in [0.717, 1.165) is 6.42 Å². The second-order valence-corrected chi connectivity index (χ2v) is 4.50. The van der Waals surface area contributed by atoms with E-state index in [9.17, 15) is 14.7 Å². The van der Waals surface area contributed by atoms with Gasteiger partial charge in [-0.2, -0.15) is 0 Å². The smallest absolute Gasteiger partial charge is 0.339 e. The van der Waals surface area contributed by atoms with Crippen LogP contribution in [-0.2, 0) is 6.42 Å². The number of aryl methyl sites for hydroxylation is 1. The summed E-state index contributed by atoms with van der Waals surface area (Å²) >= 11 is 0. The average molecular weight is 289 g/mol. The summed E-state index contributed by atoms with van der Waals surface area (Å²) in [6, 6.07) is 5.45. The summed E-state index contributed by atoms with van der Waals surface area (Å²) in [6.45, 7) is 1.98. The molecule has 110 valence electrons. The van der Waals surface area contributed by atoms with Crippen LogP contribution in [0.4, 0.5) is 11.6 Å². The Labute approximate surface area is 120 Å². The standard InChI is InChI=1S/C14H15N3O4/c1-2-3-8-7-12(19)17-14(15-8)16-9-4-5-11(18)10(6-9)13(20)21/h4-7,18H,2-3H2,1H3,(H,20,21)(H2,15,16,17,19). The van der Waals surface area contributed by atoms with Gasteiger partial charge in [-0.3, -0.25) is 9.78 Å². The number of aromatic carboxylic acids is 1. The first-order chi connectivity index (χ1) is 9.99. The molecule has 1 aromatic carbocycles. The van der Waals surface area contributed by atoms with Crippen molar-refractivity contribution in [3.8, 4) is 5.75 Å². The Balaban J connectivity index is 2.32. The third-order valence-corrected chi connectivity index (χ3v) is 2.79. The fraction of sp³-hybridized carbons (Fsp3) is 0.214. The third kappa shape index (κ3) is 3.59. The van der Waals surface area contributed by atoms with Crippen LogP contribution in [0.25, 0.3) is 0 Å². The molecule has 7 nitrogen and oxygen atoms in total. The van der Waals surface area contributed by atoms with E-state index in [-0.39, 0.29) is 22.8 Å². The molecular formula is C14H15N3O4. The summed E-state index contributed by atoms with van der Waals surface area (Å²) in [7, 11) is 0. The molecule has 0 aliphatic heterocycles. The number of phenols is 1. The zero-order valence-corrected chi connectivity index (χ0v) is 11.4. The maximum Gasteiger partial charge on any atom is 0.339 e. The Morgan fingerprint density at radius 3 is 2.81 bits per heavy atom. The Hall–Kier alpha value is -2.83. The van der Waals surface area contributed by atoms with E-state index in [1.165, 1.54) is 24.3 Å². The summed E-state index contributed by atoms with van der Waals surface area (Å²) in [4.78, 5) is 29.3. The van der Waals surface area contributed by atoms with Crippen molar-refractivity contribution in [3.05, 3.63) is 45.9 Å². The minimum absolute atomic E-state index is 0.230. The number of rotatable bonds is 5. The quantitative estimate of drug-likeness (QED) is 0.624. The number of carboxylic acids is 1. The van der Waals surface area contributed by atoms with Gasteiger partial charge in [0.15, 0.2) is 0 Å². The van der Waals surface area contributed by atoms with Crippen LogP contribution in [0.15, 0.2) is 29.1 Å². The van der Waals surface area contributed by atoms with Crippen LogP contribution in [-0.4, -0.2) is 26.2 Å². The van der Waals surface area contributed by atoms with Gasteiger partial charge < -0.3 is 15.5 Å². The highest BCUT2D eigenvalue weighted by atomic mass is 16.4. The van der Waals surface area contributed by atoms with Gasteiger partial charge in [-0.25, -0.2) is 9.78 Å². The van der Waals surface area contributed by atoms with Gasteiger partial charge in [0, 0.05) is 17.4 Å². The van der Waals surface area contributed by atoms with Crippen LogP contribution in [0.5, 0.6) is 5.75 Å². The van der Waals surface area contributed by atoms with Crippen LogP contribution >= 0.6 is 0 Å². The largest absolute Gasteiger partial charge is 0.507 e. The van der Waals surface area contributed by atoms with Crippen LogP contribution in [0.1, 0.15) is 29.4 Å². The van der Waals surface area contributed by atoms with E-state index in [1.807, 2.05) is 6.92 Å². The van der Waals surface area contributed by atoms with Crippen molar-refractivity contribution < 1.29 is 15.0 Å². The van der Waals surface area contributed by atoms with Gasteiger partial charge in [0.25, 0.3) is 5.56 Å². The Morgan fingerprint density at radius 1 is 1.38 bits per heavy atom. The number of anilines is 2. The normalized spacial score (nSPS) is 10.3. The van der Waals surface area contributed by atoms with Crippen molar-refractivity contribution in [3.63, 3.8) is 0 Å². The van der Waals surface area contributed by atoms with Gasteiger partial charge >= 0.3 is 5.97 Å². The molecule has 2 aromatic rings. The summed E-state index contributed by atoms with van der Waals surface area (Å²) in [5.74, 6) is -1.33. The molecule has 1 heterocycles. The molecule has 7 heteroatoms. The number of carbonyl (C=O) groups is 1. The number of hydrogen-bond donors (Lipinski definition) is 4. The molecule has 0 saturated heterocycles. The van der Waals surface area contributed by atoms with Crippen LogP contribution in [0.3, 0.4) is 0 Å². The Morgan fingerprint density at radius 2 is 2.14 bits per heavy atom. The van der Waals surface area contributed by atoms with Gasteiger partial charge in [-0.1, -0.05) is 13.3 Å². The van der Waals surface area contributed by atoms with Crippen molar-refractivity contribution in [2.24, 2.45) is 0 Å². The van der Waals surface area contributed by atoms with E-state index < -0.39 is 5.97 Å². The summed E-state index contributed by atoms with van der Waals surface area (Å²) < 4.78 is 0. The van der Waals surface area contributed by atoms with Gasteiger partial charge in [-0.05, 0) is 24.6 Å². The average Bonchev–Trinajstić information content (AvgIpc) is 2.40. The molecule has 2 rings (SSSR count). The van der Waals surface area contributed by atoms with Crippen molar-refractivity contribution in [1.82, 2.24) is 9.97 Å². The molecule has 0 bridgehead atoms. The SMILES string of the molecule is CCCc1cc(=O)[nH]c(Nc2ccc(O)c(C(=O)O)c2)n1. The van der Waals surface area contributed by atoms with Gasteiger partial charge in [0.2, 0.25) is 5.95 Å². The number of benzene rings is 1. The lowest BCUT2D eigenvalue weighted by atomic mass is 10.2. The number of aromatic nitrogens is 2. The summed E-state index contributed by atoms with van der Waals surface area (Å²) in [5, 5.41) is 21.2. The molecule has 0 fully saturated rings. The molecule has 0 amide bonds. The first kappa shape index (κ1) is 14.6. The van der Waals surface area contributed by atoms with E-state index in [1.54, 1.807) is 0 Å². The van der Waals surface area contributed by atoms with E-state index in [0.29, 0.717) is 17.8 Å². The lowest BCUT2D eigenvalue weighted by molar-refractivity contribution is 0.0694. The molecule has 4 N–H and O–H groups in total. The van der Waals surface area contributed by atoms with Crippen LogP contribution in [0, 0.1) is 0 Å². The minimum atomic E-state index is -1.24. The van der Waals surface area contributed by atoms with E-state index in [4.69, 9.17) is 5.11 Å². The lowest BCUT2D eigenvalue weighted by Crippen LogP contribution is -2.12. The summed E-state index contributed by atoms with van der Waals surface area (Å²) in [6.07, 6.45) is 1.53. The van der Waals surface area contributed by atoms with Crippen LogP contribution in [0.2, 0.25) is 0 Å². The zero-order valence-electron chi connectivity index (χ0n) is 11.4. The maximum atomic E-state index is 11.5. The number of nitrogens with zero attached hydrogens (tertiary/aromatic N) is 1. The fourth-order valence-corrected chi connectivity index (χ4v) is 1.87. The van der Waals surface area contributed by atoms with Gasteiger partial charge in [0.1, 0.15) is 11.3 Å². The van der Waals surface area contributed by atoms with E-state index in [2.05, 4.69) is 15.3 Å². The highest BCUT2D eigenvalue weighted by Gasteiger charge is 2.10. The monoisotopic (exact) mass is 289 g/mol. The maximum absolute atomic E-state index is 11.5. The number of carboxylic acid groups (broad SMARTS) is 1. The van der Waals surface area contributed by atoms with Gasteiger partial charge in [0.05, 0.1) is 0 Å². The molecule has 0 saturated carbocycles. The van der Waals surface area contributed by atoms with Crippen molar-refractivity contribution in [2.45, 2.75) is 19.8 Å². The molecular weight excluding hydrogens is 274 g/mol. The first-order valence-corrected chi connectivity index (χ1v) is 6.43. The minimum Gasteiger partial charge on any atom is -0.507 e. The molecule has 0 radical (unpaired) electrons. The Kier molecular flexibility index (Phi) is 4.22. The number of H-pyrrole nitrogens is 1. The second-order valence-electron chi connectivity index (χ2n) is 4.50. The molecule has 0 unspecified atom stereocenters. The van der Waals surface area contributed by atoms with Crippen molar-refractivity contribution in [1.29, 1.82) is 0 Å². The predicted octanol–water partition coefficient (Wildman–Crippen LogP) is 1.87. The van der Waals surface area contributed by atoms with Gasteiger partial charge in [-0.15, -0.1) is 0 Å². The topological polar surface area (TPSA) is 115 Å². The zero-order chi connectivity index (χ0) is 15.4.